The first kappa shape index (κ1) is 14.8. The van der Waals surface area contributed by atoms with E-state index in [0.29, 0.717) is 0 Å². The SMILES string of the molecule is COC(=O)Oc1cccnc1-c1ccccc1C(F)(F)F. The van der Waals surface area contributed by atoms with Gasteiger partial charge in [0.1, 0.15) is 5.69 Å². The third-order valence-electron chi connectivity index (χ3n) is 2.62. The van der Waals surface area contributed by atoms with E-state index in [-0.39, 0.29) is 17.0 Å². The first-order chi connectivity index (χ1) is 9.93. The number of benzene rings is 1. The van der Waals surface area contributed by atoms with Gasteiger partial charge >= 0.3 is 12.3 Å². The first-order valence-corrected chi connectivity index (χ1v) is 5.81. The number of nitrogens with zero attached hydrogens (tertiary/aromatic N) is 1. The van der Waals surface area contributed by atoms with Crippen LogP contribution in [-0.4, -0.2) is 18.2 Å². The second kappa shape index (κ2) is 5.82. The summed E-state index contributed by atoms with van der Waals surface area (Å²) in [6, 6.07) is 7.70. The second-order valence-electron chi connectivity index (χ2n) is 3.95. The van der Waals surface area contributed by atoms with Crippen molar-refractivity contribution in [2.24, 2.45) is 0 Å². The van der Waals surface area contributed by atoms with Gasteiger partial charge in [-0.2, -0.15) is 13.2 Å². The number of rotatable bonds is 2. The highest BCUT2D eigenvalue weighted by atomic mass is 19.4. The molecule has 0 aliphatic carbocycles. The van der Waals surface area contributed by atoms with Crippen LogP contribution in [-0.2, 0) is 10.9 Å². The largest absolute Gasteiger partial charge is 0.513 e. The van der Waals surface area contributed by atoms with Gasteiger partial charge in [-0.3, -0.25) is 4.98 Å². The van der Waals surface area contributed by atoms with Crippen molar-refractivity contribution in [2.75, 3.05) is 7.11 Å². The highest BCUT2D eigenvalue weighted by Crippen LogP contribution is 2.39. The number of aromatic nitrogens is 1. The Hall–Kier alpha value is -2.57. The normalized spacial score (nSPS) is 11.0. The molecular weight excluding hydrogens is 287 g/mol. The maximum atomic E-state index is 13.0. The number of methoxy groups -OCH3 is 1. The van der Waals surface area contributed by atoms with Gasteiger partial charge in [0.2, 0.25) is 0 Å². The number of alkyl halides is 3. The number of hydrogen-bond donors (Lipinski definition) is 0. The van der Waals surface area contributed by atoms with Crippen LogP contribution in [0, 0.1) is 0 Å². The maximum Gasteiger partial charge on any atom is 0.513 e. The number of halogens is 3. The fourth-order valence-corrected chi connectivity index (χ4v) is 1.74. The molecule has 0 aliphatic heterocycles. The van der Waals surface area contributed by atoms with Crippen molar-refractivity contribution in [3.63, 3.8) is 0 Å². The molecule has 110 valence electrons. The lowest BCUT2D eigenvalue weighted by atomic mass is 10.0. The third-order valence-corrected chi connectivity index (χ3v) is 2.62. The zero-order valence-corrected chi connectivity index (χ0v) is 10.8. The van der Waals surface area contributed by atoms with Crippen LogP contribution < -0.4 is 4.74 Å². The van der Waals surface area contributed by atoms with Crippen LogP contribution in [0.1, 0.15) is 5.56 Å². The van der Waals surface area contributed by atoms with E-state index in [0.717, 1.165) is 13.2 Å². The Morgan fingerprint density at radius 3 is 2.52 bits per heavy atom. The number of carbonyl (C=O) groups excluding carboxylic acids is 1. The highest BCUT2D eigenvalue weighted by Gasteiger charge is 2.34. The van der Waals surface area contributed by atoms with Gasteiger partial charge in [-0.1, -0.05) is 18.2 Å². The highest BCUT2D eigenvalue weighted by molar-refractivity contribution is 5.74. The van der Waals surface area contributed by atoms with E-state index in [1.807, 2.05) is 0 Å². The van der Waals surface area contributed by atoms with Gasteiger partial charge in [0.25, 0.3) is 0 Å². The standard InChI is InChI=1S/C14H10F3NO3/c1-20-13(19)21-11-7-4-8-18-12(11)9-5-2-3-6-10(9)14(15,16)17/h2-8H,1H3. The lowest BCUT2D eigenvalue weighted by Crippen LogP contribution is -2.11. The Morgan fingerprint density at radius 1 is 1.14 bits per heavy atom. The molecule has 2 aromatic rings. The predicted octanol–water partition coefficient (Wildman–Crippen LogP) is 3.91. The average molecular weight is 297 g/mol. The molecule has 21 heavy (non-hydrogen) atoms. The van der Waals surface area contributed by atoms with Crippen LogP contribution in [0.2, 0.25) is 0 Å². The van der Waals surface area contributed by atoms with Crippen LogP contribution in [0.25, 0.3) is 11.3 Å². The van der Waals surface area contributed by atoms with E-state index >= 15 is 0 Å². The van der Waals surface area contributed by atoms with Crippen LogP contribution in [0.15, 0.2) is 42.6 Å². The van der Waals surface area contributed by atoms with Gasteiger partial charge in [0.15, 0.2) is 5.75 Å². The molecule has 1 aromatic carbocycles. The molecule has 1 aromatic heterocycles. The minimum Gasteiger partial charge on any atom is -0.437 e. The van der Waals surface area contributed by atoms with Gasteiger partial charge in [0.05, 0.1) is 12.7 Å². The van der Waals surface area contributed by atoms with E-state index in [4.69, 9.17) is 4.74 Å². The molecule has 4 nitrogen and oxygen atoms in total. The molecule has 0 radical (unpaired) electrons. The minimum atomic E-state index is -4.54. The Labute approximate surface area is 118 Å². The van der Waals surface area contributed by atoms with Crippen molar-refractivity contribution < 1.29 is 27.4 Å². The summed E-state index contributed by atoms with van der Waals surface area (Å²) >= 11 is 0. The molecule has 1 heterocycles. The topological polar surface area (TPSA) is 48.4 Å². The van der Waals surface area contributed by atoms with E-state index in [2.05, 4.69) is 9.72 Å². The van der Waals surface area contributed by atoms with Crippen molar-refractivity contribution in [3.8, 4) is 17.0 Å². The molecule has 0 spiro atoms. The summed E-state index contributed by atoms with van der Waals surface area (Å²) in [5.41, 5.74) is -1.13. The summed E-state index contributed by atoms with van der Waals surface area (Å²) in [6.07, 6.45) is -4.27. The number of carbonyl (C=O) groups is 1. The quantitative estimate of drug-likeness (QED) is 0.788. The minimum absolute atomic E-state index is 0.0872. The molecule has 7 heteroatoms. The second-order valence-corrected chi connectivity index (χ2v) is 3.95. The van der Waals surface area contributed by atoms with E-state index in [1.165, 1.54) is 36.5 Å². The number of hydrogen-bond acceptors (Lipinski definition) is 4. The fourth-order valence-electron chi connectivity index (χ4n) is 1.74. The summed E-state index contributed by atoms with van der Waals surface area (Å²) in [5.74, 6) is -0.110. The Balaban J connectivity index is 2.55. The Morgan fingerprint density at radius 2 is 1.86 bits per heavy atom. The average Bonchev–Trinajstić information content (AvgIpc) is 2.47. The monoisotopic (exact) mass is 297 g/mol. The van der Waals surface area contributed by atoms with Crippen molar-refractivity contribution >= 4 is 6.16 Å². The predicted molar refractivity (Wildman–Crippen MR) is 67.7 cm³/mol. The van der Waals surface area contributed by atoms with Crippen molar-refractivity contribution in [3.05, 3.63) is 48.2 Å². The van der Waals surface area contributed by atoms with Crippen LogP contribution in [0.4, 0.5) is 18.0 Å². The molecule has 0 fully saturated rings. The van der Waals surface area contributed by atoms with E-state index in [1.54, 1.807) is 0 Å². The molecule has 0 saturated heterocycles. The fraction of sp³-hybridized carbons (Fsp3) is 0.143. The molecule has 2 rings (SSSR count). The zero-order valence-electron chi connectivity index (χ0n) is 10.8. The number of ether oxygens (including phenoxy) is 2. The molecule has 0 unspecified atom stereocenters. The van der Waals surface area contributed by atoms with Gasteiger partial charge in [-0.25, -0.2) is 4.79 Å². The van der Waals surface area contributed by atoms with E-state index < -0.39 is 17.9 Å². The molecule has 0 atom stereocenters. The smallest absolute Gasteiger partial charge is 0.437 e. The van der Waals surface area contributed by atoms with Crippen LogP contribution in [0.3, 0.4) is 0 Å². The van der Waals surface area contributed by atoms with Crippen molar-refractivity contribution in [2.45, 2.75) is 6.18 Å². The molecule has 0 bridgehead atoms. The first-order valence-electron chi connectivity index (χ1n) is 5.81. The molecule has 0 saturated carbocycles. The van der Waals surface area contributed by atoms with Crippen LogP contribution in [0.5, 0.6) is 5.75 Å². The third kappa shape index (κ3) is 3.31. The van der Waals surface area contributed by atoms with Crippen molar-refractivity contribution in [1.82, 2.24) is 4.98 Å². The summed E-state index contributed by atoms with van der Waals surface area (Å²) in [7, 11) is 1.10. The summed E-state index contributed by atoms with van der Waals surface area (Å²) in [5, 5.41) is 0. The molecule has 0 N–H and O–H groups in total. The van der Waals surface area contributed by atoms with Gasteiger partial charge in [0, 0.05) is 11.8 Å². The lowest BCUT2D eigenvalue weighted by molar-refractivity contribution is -0.137. The zero-order chi connectivity index (χ0) is 15.5. The van der Waals surface area contributed by atoms with Gasteiger partial charge in [-0.15, -0.1) is 0 Å². The molecule has 0 aliphatic rings. The molecule has 0 amide bonds. The summed E-state index contributed by atoms with van der Waals surface area (Å²) in [6.45, 7) is 0. The van der Waals surface area contributed by atoms with Gasteiger partial charge < -0.3 is 9.47 Å². The Kier molecular flexibility index (Phi) is 4.11. The summed E-state index contributed by atoms with van der Waals surface area (Å²) in [4.78, 5) is 15.0. The number of pyridine rings is 1. The van der Waals surface area contributed by atoms with Crippen LogP contribution >= 0.6 is 0 Å². The lowest BCUT2D eigenvalue weighted by Gasteiger charge is -2.14. The Bertz CT molecular complexity index is 656. The molecular formula is C14H10F3NO3. The summed E-state index contributed by atoms with van der Waals surface area (Å²) < 4.78 is 48.3. The maximum absolute atomic E-state index is 13.0. The van der Waals surface area contributed by atoms with Gasteiger partial charge in [-0.05, 0) is 18.2 Å². The van der Waals surface area contributed by atoms with E-state index in [9.17, 15) is 18.0 Å². The van der Waals surface area contributed by atoms with Crippen molar-refractivity contribution in [1.29, 1.82) is 0 Å².